The summed E-state index contributed by atoms with van der Waals surface area (Å²) in [6.45, 7) is 0. The molecule has 5 nitrogen and oxygen atoms in total. The van der Waals surface area contributed by atoms with Gasteiger partial charge in [-0.3, -0.25) is 9.89 Å². The Morgan fingerprint density at radius 2 is 1.81 bits per heavy atom. The third-order valence-electron chi connectivity index (χ3n) is 3.92. The van der Waals surface area contributed by atoms with Crippen molar-refractivity contribution in [3.63, 3.8) is 0 Å². The number of nitrogens with zero attached hydrogens (tertiary/aromatic N) is 3. The van der Waals surface area contributed by atoms with Crippen LogP contribution in [0.3, 0.4) is 0 Å². The summed E-state index contributed by atoms with van der Waals surface area (Å²) < 4.78 is 1.37. The van der Waals surface area contributed by atoms with Gasteiger partial charge in [-0.05, 0) is 23.8 Å². The van der Waals surface area contributed by atoms with E-state index in [1.165, 1.54) is 22.3 Å². The van der Waals surface area contributed by atoms with E-state index in [1.807, 2.05) is 36.4 Å². The van der Waals surface area contributed by atoms with Crippen molar-refractivity contribution in [2.45, 2.75) is 17.1 Å². The molecule has 136 valence electrons. The molecule has 0 radical (unpaired) electrons. The van der Waals surface area contributed by atoms with E-state index in [-0.39, 0.29) is 5.56 Å². The zero-order valence-electron chi connectivity index (χ0n) is 14.0. The quantitative estimate of drug-likeness (QED) is 0.482. The van der Waals surface area contributed by atoms with Crippen molar-refractivity contribution >= 4 is 40.7 Å². The molecule has 0 atom stereocenters. The minimum Gasteiger partial charge on any atom is -0.275 e. The fraction of sp³-hybridized carbons (Fsp3) is 0.105. The molecule has 0 aliphatic rings. The van der Waals surface area contributed by atoms with Crippen LogP contribution in [-0.4, -0.2) is 19.6 Å². The third kappa shape index (κ3) is 4.18. The van der Waals surface area contributed by atoms with Crippen molar-refractivity contribution in [1.82, 2.24) is 19.6 Å². The summed E-state index contributed by atoms with van der Waals surface area (Å²) in [5, 5.41) is 4.04. The summed E-state index contributed by atoms with van der Waals surface area (Å²) in [4.78, 5) is 22.3. The van der Waals surface area contributed by atoms with Crippen LogP contribution < -0.4 is 5.56 Å². The van der Waals surface area contributed by atoms with Crippen LogP contribution in [0.25, 0.3) is 5.78 Å². The van der Waals surface area contributed by atoms with E-state index in [0.29, 0.717) is 39.5 Å². The number of halogens is 2. The van der Waals surface area contributed by atoms with Gasteiger partial charge in [0.15, 0.2) is 0 Å². The lowest BCUT2D eigenvalue weighted by Gasteiger charge is -2.03. The van der Waals surface area contributed by atoms with Crippen molar-refractivity contribution < 1.29 is 0 Å². The SMILES string of the molecule is O=c1cc(CSc2ccc(Cl)c(Cl)c2)nc2nc(Cc3ccccc3)[nH]n12. The highest BCUT2D eigenvalue weighted by atomic mass is 35.5. The number of rotatable bonds is 5. The molecule has 27 heavy (non-hydrogen) atoms. The Balaban J connectivity index is 1.55. The Labute approximate surface area is 169 Å². The van der Waals surface area contributed by atoms with Crippen LogP contribution in [0.5, 0.6) is 0 Å². The molecule has 8 heteroatoms. The Morgan fingerprint density at radius 1 is 1.00 bits per heavy atom. The molecule has 0 spiro atoms. The van der Waals surface area contributed by atoms with Gasteiger partial charge < -0.3 is 0 Å². The topological polar surface area (TPSA) is 63.0 Å². The van der Waals surface area contributed by atoms with Gasteiger partial charge in [-0.2, -0.15) is 9.50 Å². The van der Waals surface area contributed by atoms with Crippen molar-refractivity contribution in [2.75, 3.05) is 0 Å². The first-order valence-corrected chi connectivity index (χ1v) is 9.92. The lowest BCUT2D eigenvalue weighted by molar-refractivity contribution is 0.856. The van der Waals surface area contributed by atoms with Crippen molar-refractivity contribution in [1.29, 1.82) is 0 Å². The second-order valence-electron chi connectivity index (χ2n) is 5.92. The molecular formula is C19H14Cl2N4OS. The van der Waals surface area contributed by atoms with Gasteiger partial charge in [-0.1, -0.05) is 53.5 Å². The molecule has 2 heterocycles. The molecule has 2 aromatic heterocycles. The van der Waals surface area contributed by atoms with Crippen molar-refractivity contribution in [3.8, 4) is 0 Å². The average molecular weight is 417 g/mol. The van der Waals surface area contributed by atoms with Gasteiger partial charge in [0.1, 0.15) is 5.82 Å². The molecule has 0 saturated carbocycles. The van der Waals surface area contributed by atoms with Gasteiger partial charge in [-0.25, -0.2) is 4.98 Å². The maximum atomic E-state index is 12.4. The van der Waals surface area contributed by atoms with Crippen LogP contribution in [0.4, 0.5) is 0 Å². The highest BCUT2D eigenvalue weighted by molar-refractivity contribution is 7.98. The van der Waals surface area contributed by atoms with Crippen LogP contribution >= 0.6 is 35.0 Å². The predicted octanol–water partition coefficient (Wildman–Crippen LogP) is 4.61. The van der Waals surface area contributed by atoms with Crippen molar-refractivity contribution in [3.05, 3.63) is 92.1 Å². The van der Waals surface area contributed by atoms with E-state index in [9.17, 15) is 4.79 Å². The van der Waals surface area contributed by atoms with Gasteiger partial charge >= 0.3 is 0 Å². The number of aromatic nitrogens is 4. The second kappa shape index (κ2) is 7.76. The summed E-state index contributed by atoms with van der Waals surface area (Å²) in [5.41, 5.74) is 1.59. The third-order valence-corrected chi connectivity index (χ3v) is 5.69. The fourth-order valence-electron chi connectivity index (χ4n) is 2.64. The predicted molar refractivity (Wildman–Crippen MR) is 109 cm³/mol. The molecule has 0 unspecified atom stereocenters. The first-order valence-electron chi connectivity index (χ1n) is 8.18. The smallest absolute Gasteiger partial charge is 0.274 e. The van der Waals surface area contributed by atoms with E-state index < -0.39 is 0 Å². The first-order chi connectivity index (χ1) is 13.1. The molecule has 0 bridgehead atoms. The first kappa shape index (κ1) is 18.1. The average Bonchev–Trinajstić information content (AvgIpc) is 3.06. The second-order valence-corrected chi connectivity index (χ2v) is 7.78. The monoisotopic (exact) mass is 416 g/mol. The fourth-order valence-corrected chi connectivity index (χ4v) is 3.83. The number of aromatic amines is 1. The molecule has 0 aliphatic heterocycles. The van der Waals surface area contributed by atoms with E-state index in [1.54, 1.807) is 12.1 Å². The molecule has 0 aliphatic carbocycles. The van der Waals surface area contributed by atoms with E-state index in [4.69, 9.17) is 23.2 Å². The molecule has 0 saturated heterocycles. The number of H-pyrrole nitrogens is 1. The minimum atomic E-state index is -0.184. The maximum absolute atomic E-state index is 12.4. The number of nitrogens with one attached hydrogen (secondary N) is 1. The molecule has 0 fully saturated rings. The summed E-state index contributed by atoms with van der Waals surface area (Å²) in [7, 11) is 0. The molecule has 0 amide bonds. The number of benzene rings is 2. The highest BCUT2D eigenvalue weighted by Gasteiger charge is 2.09. The minimum absolute atomic E-state index is 0.184. The van der Waals surface area contributed by atoms with Crippen molar-refractivity contribution in [2.24, 2.45) is 0 Å². The lowest BCUT2D eigenvalue weighted by atomic mass is 10.1. The summed E-state index contributed by atoms with van der Waals surface area (Å²) >= 11 is 13.5. The van der Waals surface area contributed by atoms with E-state index in [2.05, 4.69) is 15.1 Å². The zero-order valence-corrected chi connectivity index (χ0v) is 16.4. The van der Waals surface area contributed by atoms with Crippen LogP contribution in [0, 0.1) is 0 Å². The standard InChI is InChI=1S/C19H14Cl2N4OS/c20-15-7-6-14(10-16(15)21)27-11-13-9-18(26)25-19(22-13)23-17(24-25)8-12-4-2-1-3-5-12/h1-7,9-10H,8,11H2,(H,22,23,24). The van der Waals surface area contributed by atoms with Crippen LogP contribution in [0.2, 0.25) is 10.0 Å². The van der Waals surface area contributed by atoms with E-state index >= 15 is 0 Å². The Morgan fingerprint density at radius 3 is 2.59 bits per heavy atom. The maximum Gasteiger partial charge on any atom is 0.274 e. The molecule has 4 aromatic rings. The normalized spacial score (nSPS) is 11.2. The van der Waals surface area contributed by atoms with Crippen LogP contribution in [0.15, 0.2) is 64.3 Å². The van der Waals surface area contributed by atoms with Gasteiger partial charge in [0.25, 0.3) is 11.3 Å². The van der Waals surface area contributed by atoms with Crippen LogP contribution in [0.1, 0.15) is 17.1 Å². The number of fused-ring (bicyclic) bond motifs is 1. The lowest BCUT2D eigenvalue weighted by Crippen LogP contribution is -2.15. The Bertz CT molecular complexity index is 1160. The largest absolute Gasteiger partial charge is 0.275 e. The molecular weight excluding hydrogens is 403 g/mol. The zero-order chi connectivity index (χ0) is 18.8. The van der Waals surface area contributed by atoms with Gasteiger partial charge in [-0.15, -0.1) is 11.8 Å². The Kier molecular flexibility index (Phi) is 5.20. The van der Waals surface area contributed by atoms with Gasteiger partial charge in [0.2, 0.25) is 0 Å². The summed E-state index contributed by atoms with van der Waals surface area (Å²) in [5.74, 6) is 1.60. The molecule has 2 aromatic carbocycles. The van der Waals surface area contributed by atoms with Gasteiger partial charge in [0, 0.05) is 23.1 Å². The number of hydrogen-bond acceptors (Lipinski definition) is 4. The summed E-state index contributed by atoms with van der Waals surface area (Å²) in [6.07, 6.45) is 0.608. The molecule has 4 rings (SSSR count). The highest BCUT2D eigenvalue weighted by Crippen LogP contribution is 2.29. The summed E-state index contributed by atoms with van der Waals surface area (Å²) in [6, 6.07) is 16.9. The van der Waals surface area contributed by atoms with Gasteiger partial charge in [0.05, 0.1) is 15.7 Å². The Hall–Kier alpha value is -2.28. The van der Waals surface area contributed by atoms with Crippen LogP contribution in [-0.2, 0) is 12.2 Å². The number of hydrogen-bond donors (Lipinski definition) is 1. The number of thioether (sulfide) groups is 1. The van der Waals surface area contributed by atoms with E-state index in [0.717, 1.165) is 10.5 Å². The molecule has 1 N–H and O–H groups in total.